The molecule has 0 unspecified atom stereocenters. The Bertz CT molecular complexity index is 1390. The van der Waals surface area contributed by atoms with Crippen molar-refractivity contribution in [2.45, 2.75) is 13.1 Å². The van der Waals surface area contributed by atoms with Gasteiger partial charge >= 0.3 is 6.18 Å². The van der Waals surface area contributed by atoms with E-state index in [1.54, 1.807) is 43.6 Å². The molecule has 10 heteroatoms. The van der Waals surface area contributed by atoms with Crippen molar-refractivity contribution >= 4 is 29.0 Å². The molecular formula is C26H23F3N6O. The lowest BCUT2D eigenvalue weighted by Crippen LogP contribution is -2.15. The first kappa shape index (κ1) is 24.6. The minimum atomic E-state index is -4.53. The van der Waals surface area contributed by atoms with Gasteiger partial charge in [0.25, 0.3) is 5.91 Å². The number of halogens is 3. The van der Waals surface area contributed by atoms with Crippen LogP contribution in [-0.2, 0) is 6.18 Å². The minimum Gasteiger partial charge on any atom is -0.363 e. The Morgan fingerprint density at radius 2 is 1.69 bits per heavy atom. The largest absolute Gasteiger partial charge is 0.416 e. The summed E-state index contributed by atoms with van der Waals surface area (Å²) in [6.07, 6.45) is -1.18. The highest BCUT2D eigenvalue weighted by Gasteiger charge is 2.31. The average molecular weight is 493 g/mol. The Morgan fingerprint density at radius 1 is 0.944 bits per heavy atom. The van der Waals surface area contributed by atoms with Gasteiger partial charge in [-0.05, 0) is 61.0 Å². The Balaban J connectivity index is 1.53. The maximum Gasteiger partial charge on any atom is 0.416 e. The van der Waals surface area contributed by atoms with Crippen LogP contribution in [0.1, 0.15) is 21.5 Å². The van der Waals surface area contributed by atoms with E-state index in [-0.39, 0.29) is 5.56 Å². The number of nitrogens with zero attached hydrogens (tertiary/aromatic N) is 4. The van der Waals surface area contributed by atoms with Gasteiger partial charge in [0.05, 0.1) is 11.3 Å². The second kappa shape index (κ2) is 10.0. The topological polar surface area (TPSA) is 83.0 Å². The molecule has 0 aliphatic heterocycles. The fourth-order valence-corrected chi connectivity index (χ4v) is 3.44. The lowest BCUT2D eigenvalue weighted by molar-refractivity contribution is -0.137. The van der Waals surface area contributed by atoms with Crippen LogP contribution in [0.3, 0.4) is 0 Å². The van der Waals surface area contributed by atoms with E-state index < -0.39 is 17.6 Å². The average Bonchev–Trinajstić information content (AvgIpc) is 2.86. The normalized spacial score (nSPS) is 11.2. The molecule has 1 amide bonds. The number of carbonyl (C=O) groups excluding carboxylic acids is 1. The maximum absolute atomic E-state index is 13.0. The van der Waals surface area contributed by atoms with Gasteiger partial charge in [-0.2, -0.15) is 13.2 Å². The second-order valence-electron chi connectivity index (χ2n) is 8.20. The number of carbonyl (C=O) groups is 1. The first-order valence-corrected chi connectivity index (χ1v) is 10.9. The van der Waals surface area contributed by atoms with Gasteiger partial charge in [0.2, 0.25) is 5.95 Å². The number of benzene rings is 2. The SMILES string of the molecule is Cc1c(NC(=O)c2cccc(C(F)(F)F)c2)cccc1Nc1nccc(-c2ccc(N(C)C)nc2)n1. The summed E-state index contributed by atoms with van der Waals surface area (Å²) >= 11 is 0. The van der Waals surface area contributed by atoms with Gasteiger partial charge in [-0.3, -0.25) is 4.79 Å². The van der Waals surface area contributed by atoms with Crippen molar-refractivity contribution in [1.29, 1.82) is 0 Å². The van der Waals surface area contributed by atoms with E-state index in [4.69, 9.17) is 0 Å². The number of alkyl halides is 3. The zero-order valence-electron chi connectivity index (χ0n) is 19.8. The van der Waals surface area contributed by atoms with Crippen molar-refractivity contribution in [2.24, 2.45) is 0 Å². The summed E-state index contributed by atoms with van der Waals surface area (Å²) in [6.45, 7) is 1.78. The van der Waals surface area contributed by atoms with Crippen molar-refractivity contribution in [3.8, 4) is 11.3 Å². The predicted octanol–water partition coefficient (Wildman–Crippen LogP) is 5.93. The van der Waals surface area contributed by atoms with Crippen molar-refractivity contribution < 1.29 is 18.0 Å². The number of nitrogens with one attached hydrogen (secondary N) is 2. The molecule has 0 fully saturated rings. The molecule has 0 aliphatic carbocycles. The third kappa shape index (κ3) is 5.60. The van der Waals surface area contributed by atoms with Crippen LogP contribution in [0, 0.1) is 6.92 Å². The molecule has 2 heterocycles. The van der Waals surface area contributed by atoms with Crippen LogP contribution < -0.4 is 15.5 Å². The highest BCUT2D eigenvalue weighted by Crippen LogP contribution is 2.30. The van der Waals surface area contributed by atoms with Crippen LogP contribution in [0.5, 0.6) is 0 Å². The lowest BCUT2D eigenvalue weighted by Gasteiger charge is -2.14. The molecule has 4 rings (SSSR count). The summed E-state index contributed by atoms with van der Waals surface area (Å²) in [5.41, 5.74) is 2.28. The van der Waals surface area contributed by atoms with Crippen molar-refractivity contribution in [3.05, 3.63) is 89.7 Å². The van der Waals surface area contributed by atoms with Gasteiger partial charge < -0.3 is 15.5 Å². The quantitative estimate of drug-likeness (QED) is 0.347. The van der Waals surface area contributed by atoms with Crippen molar-refractivity contribution in [2.75, 3.05) is 29.6 Å². The van der Waals surface area contributed by atoms with E-state index in [2.05, 4.69) is 25.6 Å². The summed E-state index contributed by atoms with van der Waals surface area (Å²) in [7, 11) is 3.82. The zero-order chi connectivity index (χ0) is 25.9. The first-order chi connectivity index (χ1) is 17.1. The van der Waals surface area contributed by atoms with Gasteiger partial charge in [-0.25, -0.2) is 15.0 Å². The molecule has 0 saturated heterocycles. The number of rotatable bonds is 6. The van der Waals surface area contributed by atoms with E-state index >= 15 is 0 Å². The summed E-state index contributed by atoms with van der Waals surface area (Å²) in [6, 6.07) is 15.0. The van der Waals surface area contributed by atoms with E-state index in [1.807, 2.05) is 31.1 Å². The molecule has 0 spiro atoms. The monoisotopic (exact) mass is 492 g/mol. The van der Waals surface area contributed by atoms with Crippen LogP contribution in [-0.4, -0.2) is 35.0 Å². The molecule has 0 radical (unpaired) electrons. The van der Waals surface area contributed by atoms with Gasteiger partial charge in [0.15, 0.2) is 0 Å². The fourth-order valence-electron chi connectivity index (χ4n) is 3.44. The number of hydrogen-bond acceptors (Lipinski definition) is 6. The number of pyridine rings is 1. The van der Waals surface area contributed by atoms with E-state index in [1.165, 1.54) is 12.1 Å². The molecule has 184 valence electrons. The molecule has 0 bridgehead atoms. The summed E-state index contributed by atoms with van der Waals surface area (Å²) < 4.78 is 39.0. The standard InChI is InChI=1S/C26H23F3N6O/c1-16-20(32-24(36)17-6-4-7-19(14-17)26(27,28)29)8-5-9-21(16)33-25-30-13-12-22(34-25)18-10-11-23(31-15-18)35(2)3/h4-15H,1-3H3,(H,32,36)(H,30,33,34). The number of amides is 1. The van der Waals surface area contributed by atoms with Crippen molar-refractivity contribution in [1.82, 2.24) is 15.0 Å². The van der Waals surface area contributed by atoms with Gasteiger partial charge in [-0.15, -0.1) is 0 Å². The number of anilines is 4. The summed E-state index contributed by atoms with van der Waals surface area (Å²) in [5.74, 6) is 0.521. The smallest absolute Gasteiger partial charge is 0.363 e. The van der Waals surface area contributed by atoms with Crippen LogP contribution >= 0.6 is 0 Å². The first-order valence-electron chi connectivity index (χ1n) is 10.9. The van der Waals surface area contributed by atoms with E-state index in [0.29, 0.717) is 28.6 Å². The van der Waals surface area contributed by atoms with Crippen LogP contribution in [0.4, 0.5) is 36.3 Å². The van der Waals surface area contributed by atoms with Gasteiger partial charge in [0.1, 0.15) is 5.82 Å². The maximum atomic E-state index is 13.0. The Morgan fingerprint density at radius 3 is 2.39 bits per heavy atom. The second-order valence-corrected chi connectivity index (χ2v) is 8.20. The summed E-state index contributed by atoms with van der Waals surface area (Å²) in [5, 5.41) is 5.83. The Kier molecular flexibility index (Phi) is 6.86. The molecule has 0 saturated carbocycles. The predicted molar refractivity (Wildman–Crippen MR) is 133 cm³/mol. The zero-order valence-corrected chi connectivity index (χ0v) is 19.8. The highest BCUT2D eigenvalue weighted by atomic mass is 19.4. The summed E-state index contributed by atoms with van der Waals surface area (Å²) in [4.78, 5) is 27.8. The molecule has 7 nitrogen and oxygen atoms in total. The van der Waals surface area contributed by atoms with Gasteiger partial charge in [0, 0.05) is 49.0 Å². The molecule has 2 N–H and O–H groups in total. The molecule has 4 aromatic rings. The lowest BCUT2D eigenvalue weighted by atomic mass is 10.1. The number of aromatic nitrogens is 3. The molecule has 0 aliphatic rings. The van der Waals surface area contributed by atoms with Gasteiger partial charge in [-0.1, -0.05) is 12.1 Å². The van der Waals surface area contributed by atoms with Crippen LogP contribution in [0.25, 0.3) is 11.3 Å². The van der Waals surface area contributed by atoms with Crippen LogP contribution in [0.15, 0.2) is 73.1 Å². The van der Waals surface area contributed by atoms with E-state index in [0.717, 1.165) is 23.5 Å². The minimum absolute atomic E-state index is 0.0903. The molecular weight excluding hydrogens is 469 g/mol. The Hall–Kier alpha value is -4.47. The fraction of sp³-hybridized carbons (Fsp3) is 0.154. The molecule has 2 aromatic carbocycles. The van der Waals surface area contributed by atoms with Crippen LogP contribution in [0.2, 0.25) is 0 Å². The third-order valence-electron chi connectivity index (χ3n) is 5.44. The third-order valence-corrected chi connectivity index (χ3v) is 5.44. The molecule has 2 aromatic heterocycles. The van der Waals surface area contributed by atoms with E-state index in [9.17, 15) is 18.0 Å². The molecule has 0 atom stereocenters. The number of hydrogen-bond donors (Lipinski definition) is 2. The highest BCUT2D eigenvalue weighted by molar-refractivity contribution is 6.05. The Labute approximate surface area is 206 Å². The molecule has 36 heavy (non-hydrogen) atoms. The van der Waals surface area contributed by atoms with Crippen molar-refractivity contribution in [3.63, 3.8) is 0 Å².